The molecule has 0 spiro atoms. The SMILES string of the molecule is O.O.O=c1c2n[nH]nc2nc2sc(CCc3ccccc3)nn12.[Li]. The summed E-state index contributed by atoms with van der Waals surface area (Å²) in [6.07, 6.45) is 1.65. The van der Waals surface area contributed by atoms with E-state index in [2.05, 4.69) is 37.6 Å². The van der Waals surface area contributed by atoms with Gasteiger partial charge in [-0.2, -0.15) is 19.8 Å². The summed E-state index contributed by atoms with van der Waals surface area (Å²) in [5.74, 6) is 0. The molecule has 0 unspecified atom stereocenters. The maximum atomic E-state index is 12.2. The van der Waals surface area contributed by atoms with Crippen molar-refractivity contribution in [2.75, 3.05) is 0 Å². The Bertz CT molecular complexity index is 984. The molecule has 0 aliphatic heterocycles. The van der Waals surface area contributed by atoms with Crippen molar-refractivity contribution < 1.29 is 11.0 Å². The number of fused-ring (bicyclic) bond motifs is 2. The molecule has 0 saturated carbocycles. The number of nitrogens with one attached hydrogen (secondary N) is 1. The molecule has 121 valence electrons. The molecule has 0 amide bonds. The van der Waals surface area contributed by atoms with Crippen LogP contribution in [0.1, 0.15) is 10.6 Å². The van der Waals surface area contributed by atoms with E-state index < -0.39 is 0 Å². The first kappa shape index (κ1) is 20.0. The van der Waals surface area contributed by atoms with Gasteiger partial charge in [-0.1, -0.05) is 41.7 Å². The minimum Gasteiger partial charge on any atom is -0.412 e. The Balaban J connectivity index is 0.000000960. The Hall–Kier alpha value is -2.09. The van der Waals surface area contributed by atoms with E-state index in [4.69, 9.17) is 0 Å². The summed E-state index contributed by atoms with van der Waals surface area (Å²) in [7, 11) is 0. The first-order chi connectivity index (χ1) is 10.3. The molecule has 5 N–H and O–H groups in total. The van der Waals surface area contributed by atoms with Gasteiger partial charge >= 0.3 is 5.56 Å². The van der Waals surface area contributed by atoms with E-state index in [1.165, 1.54) is 21.4 Å². The Labute approximate surface area is 151 Å². The van der Waals surface area contributed by atoms with Crippen molar-refractivity contribution in [2.24, 2.45) is 0 Å². The number of aromatic amines is 1. The molecule has 0 saturated heterocycles. The smallest absolute Gasteiger partial charge is 0.305 e. The zero-order valence-electron chi connectivity index (χ0n) is 12.9. The molecule has 1 radical (unpaired) electrons. The molecule has 0 atom stereocenters. The minimum atomic E-state index is -0.286. The molecule has 0 aliphatic carbocycles. The van der Waals surface area contributed by atoms with Crippen molar-refractivity contribution in [1.29, 1.82) is 0 Å². The Morgan fingerprint density at radius 3 is 2.58 bits per heavy atom. The molecule has 0 aliphatic rings. The number of nitrogens with zero attached hydrogens (tertiary/aromatic N) is 5. The second-order valence-corrected chi connectivity index (χ2v) is 5.63. The van der Waals surface area contributed by atoms with E-state index in [1.54, 1.807) is 0 Å². The third kappa shape index (κ3) is 3.53. The summed E-state index contributed by atoms with van der Waals surface area (Å²) in [6, 6.07) is 10.2. The monoisotopic (exact) mass is 341 g/mol. The van der Waals surface area contributed by atoms with Crippen LogP contribution in [0.2, 0.25) is 0 Å². The quantitative estimate of drug-likeness (QED) is 0.482. The summed E-state index contributed by atoms with van der Waals surface area (Å²) >= 11 is 1.41. The maximum absolute atomic E-state index is 12.2. The molecule has 1 aromatic carbocycles. The van der Waals surface area contributed by atoms with E-state index in [9.17, 15) is 4.79 Å². The van der Waals surface area contributed by atoms with Crippen molar-refractivity contribution >= 4 is 46.3 Å². The van der Waals surface area contributed by atoms with Gasteiger partial charge < -0.3 is 11.0 Å². The zero-order chi connectivity index (χ0) is 14.2. The second kappa shape index (κ2) is 8.14. The van der Waals surface area contributed by atoms with Crippen LogP contribution in [-0.2, 0) is 12.8 Å². The molecule has 24 heavy (non-hydrogen) atoms. The van der Waals surface area contributed by atoms with E-state index >= 15 is 0 Å². The largest absolute Gasteiger partial charge is 0.412 e. The third-order valence-electron chi connectivity index (χ3n) is 3.20. The van der Waals surface area contributed by atoms with Gasteiger partial charge in [0.2, 0.25) is 10.6 Å². The van der Waals surface area contributed by atoms with Gasteiger partial charge in [-0.3, -0.25) is 4.79 Å². The summed E-state index contributed by atoms with van der Waals surface area (Å²) in [4.78, 5) is 17.0. The topological polar surface area (TPSA) is 152 Å². The van der Waals surface area contributed by atoms with Crippen LogP contribution in [0.15, 0.2) is 35.1 Å². The number of hydrogen-bond donors (Lipinski definition) is 1. The standard InChI is InChI=1S/C13H10N6OS.Li.2H2O/c20-12-10-11(16-18-15-10)14-13-19(12)17-9(21-13)7-6-8-4-2-1-3-5-8;;;/h1-5H,6-7H2,(H,15,16,18);;2*1H2. The molecular weight excluding hydrogens is 327 g/mol. The Morgan fingerprint density at radius 1 is 1.08 bits per heavy atom. The predicted molar refractivity (Wildman–Crippen MR) is 91.4 cm³/mol. The number of rotatable bonds is 3. The van der Waals surface area contributed by atoms with E-state index in [0.717, 1.165) is 17.8 Å². The van der Waals surface area contributed by atoms with Crippen LogP contribution in [-0.4, -0.2) is 59.8 Å². The maximum Gasteiger partial charge on any atom is 0.305 e. The van der Waals surface area contributed by atoms with Crippen LogP contribution in [0, 0.1) is 0 Å². The average Bonchev–Trinajstić information content (AvgIpc) is 3.13. The molecule has 9 nitrogen and oxygen atoms in total. The van der Waals surface area contributed by atoms with Crippen LogP contribution in [0.25, 0.3) is 16.1 Å². The number of H-pyrrole nitrogens is 1. The van der Waals surface area contributed by atoms with Gasteiger partial charge in [-0.05, 0) is 12.0 Å². The van der Waals surface area contributed by atoms with Gasteiger partial charge in [0.1, 0.15) is 5.01 Å². The fourth-order valence-corrected chi connectivity index (χ4v) is 3.04. The normalized spacial score (nSPS) is 10.0. The van der Waals surface area contributed by atoms with E-state index in [-0.39, 0.29) is 40.9 Å². The Morgan fingerprint density at radius 2 is 1.83 bits per heavy atom. The van der Waals surface area contributed by atoms with Crippen molar-refractivity contribution in [3.05, 3.63) is 51.3 Å². The fraction of sp³-hybridized carbons (Fsp3) is 0.154. The van der Waals surface area contributed by atoms with Gasteiger partial charge in [0.05, 0.1) is 0 Å². The number of aromatic nitrogens is 6. The second-order valence-electron chi connectivity index (χ2n) is 4.59. The third-order valence-corrected chi connectivity index (χ3v) is 4.17. The molecule has 11 heteroatoms. The molecule has 3 aromatic heterocycles. The van der Waals surface area contributed by atoms with Gasteiger partial charge in [0.15, 0.2) is 5.52 Å². The average molecular weight is 341 g/mol. The molecule has 4 aromatic rings. The Kier molecular flexibility index (Phi) is 6.77. The fourth-order valence-electron chi connectivity index (χ4n) is 2.16. The zero-order valence-corrected chi connectivity index (χ0v) is 13.7. The van der Waals surface area contributed by atoms with Gasteiger partial charge in [0, 0.05) is 25.3 Å². The first-order valence-corrected chi connectivity index (χ1v) is 7.26. The van der Waals surface area contributed by atoms with Crippen LogP contribution in [0.5, 0.6) is 0 Å². The number of hydrogen-bond acceptors (Lipinski definition) is 6. The summed E-state index contributed by atoms with van der Waals surface area (Å²) < 4.78 is 1.30. The van der Waals surface area contributed by atoms with Crippen molar-refractivity contribution in [2.45, 2.75) is 12.8 Å². The van der Waals surface area contributed by atoms with Crippen molar-refractivity contribution in [1.82, 2.24) is 30.0 Å². The van der Waals surface area contributed by atoms with Crippen LogP contribution < -0.4 is 5.56 Å². The summed E-state index contributed by atoms with van der Waals surface area (Å²) in [5, 5.41) is 15.3. The van der Waals surface area contributed by atoms with E-state index in [1.807, 2.05) is 18.2 Å². The van der Waals surface area contributed by atoms with Gasteiger partial charge in [-0.15, -0.1) is 10.2 Å². The number of benzene rings is 1. The van der Waals surface area contributed by atoms with Gasteiger partial charge in [0.25, 0.3) is 0 Å². The van der Waals surface area contributed by atoms with Crippen LogP contribution in [0.3, 0.4) is 0 Å². The minimum absolute atomic E-state index is 0. The number of aryl methyl sites for hydroxylation is 2. The molecule has 0 bridgehead atoms. The van der Waals surface area contributed by atoms with Crippen LogP contribution in [0.4, 0.5) is 0 Å². The van der Waals surface area contributed by atoms with Crippen molar-refractivity contribution in [3.63, 3.8) is 0 Å². The predicted octanol–water partition coefficient (Wildman–Crippen LogP) is -0.823. The van der Waals surface area contributed by atoms with Gasteiger partial charge in [-0.25, -0.2) is 0 Å². The summed E-state index contributed by atoms with van der Waals surface area (Å²) in [5.41, 5.74) is 1.50. The molecule has 4 rings (SSSR count). The van der Waals surface area contributed by atoms with Crippen LogP contribution >= 0.6 is 11.3 Å². The summed E-state index contributed by atoms with van der Waals surface area (Å²) in [6.45, 7) is 0. The van der Waals surface area contributed by atoms with E-state index in [0.29, 0.717) is 10.6 Å². The van der Waals surface area contributed by atoms with Crippen molar-refractivity contribution in [3.8, 4) is 0 Å². The molecule has 0 fully saturated rings. The first-order valence-electron chi connectivity index (χ1n) is 6.44. The molecular formula is C13H14LiN6O3S. The molecule has 3 heterocycles.